The molecule has 0 aliphatic heterocycles. The molecular weight excluding hydrogens is 228 g/mol. The fraction of sp³-hybridized carbons (Fsp3) is 0.333. The van der Waals surface area contributed by atoms with Crippen LogP contribution in [0.3, 0.4) is 0 Å². The summed E-state index contributed by atoms with van der Waals surface area (Å²) >= 11 is 5.16. The highest BCUT2D eigenvalue weighted by molar-refractivity contribution is 6.67. The molecule has 0 saturated heterocycles. The summed E-state index contributed by atoms with van der Waals surface area (Å²) < 4.78 is 29.9. The average molecular weight is 236 g/mol. The molecule has 0 aliphatic rings. The minimum Gasteiger partial charge on any atom is -0.494 e. The highest BCUT2D eigenvalue weighted by atomic mass is 35.5. The predicted molar refractivity (Wildman–Crippen MR) is 50.7 cm³/mol. The van der Waals surface area contributed by atoms with Crippen molar-refractivity contribution in [1.82, 2.24) is 4.98 Å². The van der Waals surface area contributed by atoms with Crippen LogP contribution < -0.4 is 4.74 Å². The van der Waals surface area contributed by atoms with E-state index in [-0.39, 0.29) is 11.4 Å². The highest BCUT2D eigenvalue weighted by Gasteiger charge is 2.20. The topological polar surface area (TPSA) is 39.2 Å². The first-order chi connectivity index (χ1) is 6.97. The Labute approximate surface area is 90.0 Å². The van der Waals surface area contributed by atoms with E-state index in [1.54, 1.807) is 0 Å². The lowest BCUT2D eigenvalue weighted by Crippen LogP contribution is -2.04. The number of aryl methyl sites for hydroxylation is 1. The molecule has 0 fully saturated rings. The summed E-state index contributed by atoms with van der Waals surface area (Å²) in [6.45, 7) is 1.54. The lowest BCUT2D eigenvalue weighted by Gasteiger charge is -2.10. The lowest BCUT2D eigenvalue weighted by molar-refractivity contribution is 0.107. The van der Waals surface area contributed by atoms with Crippen LogP contribution in [0, 0.1) is 6.92 Å². The molecule has 15 heavy (non-hydrogen) atoms. The number of hydrogen-bond donors (Lipinski definition) is 0. The monoisotopic (exact) mass is 235 g/mol. The molecule has 82 valence electrons. The number of pyridine rings is 1. The predicted octanol–water partition coefficient (Wildman–Crippen LogP) is 2.72. The maximum Gasteiger partial charge on any atom is 0.284 e. The zero-order valence-corrected chi connectivity index (χ0v) is 8.81. The number of rotatable bonds is 3. The molecule has 6 heteroatoms. The Bertz CT molecular complexity index is 396. The molecule has 1 aromatic rings. The van der Waals surface area contributed by atoms with Gasteiger partial charge in [0.05, 0.1) is 7.11 Å². The second kappa shape index (κ2) is 4.53. The Kier molecular flexibility index (Phi) is 3.57. The van der Waals surface area contributed by atoms with Crippen LogP contribution in [0.5, 0.6) is 5.75 Å². The van der Waals surface area contributed by atoms with E-state index in [0.717, 1.165) is 0 Å². The van der Waals surface area contributed by atoms with E-state index in [0.29, 0.717) is 5.56 Å². The van der Waals surface area contributed by atoms with E-state index in [9.17, 15) is 13.6 Å². The fourth-order valence-corrected chi connectivity index (χ4v) is 1.30. The zero-order valence-electron chi connectivity index (χ0n) is 8.05. The average Bonchev–Trinajstić information content (AvgIpc) is 2.16. The summed E-state index contributed by atoms with van der Waals surface area (Å²) in [5, 5.41) is -0.873. The molecule has 0 N–H and O–H groups in total. The highest BCUT2D eigenvalue weighted by Crippen LogP contribution is 2.30. The molecular formula is C9H8ClF2NO2. The smallest absolute Gasteiger partial charge is 0.284 e. The third-order valence-corrected chi connectivity index (χ3v) is 1.99. The van der Waals surface area contributed by atoms with Crippen molar-refractivity contribution in [2.75, 3.05) is 7.11 Å². The van der Waals surface area contributed by atoms with Crippen LogP contribution in [0.15, 0.2) is 6.07 Å². The summed E-state index contributed by atoms with van der Waals surface area (Å²) in [4.78, 5) is 14.2. The van der Waals surface area contributed by atoms with Crippen molar-refractivity contribution in [3.8, 4) is 5.75 Å². The lowest BCUT2D eigenvalue weighted by atomic mass is 10.2. The van der Waals surface area contributed by atoms with Crippen LogP contribution in [-0.4, -0.2) is 17.3 Å². The molecule has 1 aromatic heterocycles. The van der Waals surface area contributed by atoms with Crippen LogP contribution >= 0.6 is 11.6 Å². The second-order valence-electron chi connectivity index (χ2n) is 2.82. The van der Waals surface area contributed by atoms with Crippen molar-refractivity contribution >= 4 is 16.8 Å². The molecule has 3 nitrogen and oxygen atoms in total. The number of ether oxygens (including phenoxy) is 1. The van der Waals surface area contributed by atoms with Gasteiger partial charge in [-0.3, -0.25) is 4.79 Å². The minimum atomic E-state index is -2.81. The van der Waals surface area contributed by atoms with Gasteiger partial charge in [-0.1, -0.05) is 0 Å². The molecule has 0 aliphatic carbocycles. The number of aromatic nitrogens is 1. The largest absolute Gasteiger partial charge is 0.494 e. The maximum absolute atomic E-state index is 12.5. The third-order valence-electron chi connectivity index (χ3n) is 1.80. The molecule has 0 radical (unpaired) electrons. The van der Waals surface area contributed by atoms with Gasteiger partial charge in [0.15, 0.2) is 0 Å². The van der Waals surface area contributed by atoms with Gasteiger partial charge in [0.1, 0.15) is 17.1 Å². The Balaban J connectivity index is 3.38. The van der Waals surface area contributed by atoms with Gasteiger partial charge in [-0.15, -0.1) is 0 Å². The van der Waals surface area contributed by atoms with Gasteiger partial charge in [-0.2, -0.15) is 0 Å². The molecule has 0 amide bonds. The first-order valence-corrected chi connectivity index (χ1v) is 4.38. The van der Waals surface area contributed by atoms with Crippen molar-refractivity contribution in [3.63, 3.8) is 0 Å². The van der Waals surface area contributed by atoms with Crippen molar-refractivity contribution in [2.45, 2.75) is 13.3 Å². The van der Waals surface area contributed by atoms with Gasteiger partial charge >= 0.3 is 0 Å². The number of halogens is 3. The number of carbonyl (C=O) groups excluding carboxylic acids is 1. The summed E-state index contributed by atoms with van der Waals surface area (Å²) in [6.07, 6.45) is -2.81. The van der Waals surface area contributed by atoms with E-state index < -0.39 is 17.4 Å². The molecule has 1 rings (SSSR count). The van der Waals surface area contributed by atoms with Gasteiger partial charge in [0.2, 0.25) is 0 Å². The number of alkyl halides is 2. The normalized spacial score (nSPS) is 10.5. The molecule has 0 unspecified atom stereocenters. The van der Waals surface area contributed by atoms with Crippen molar-refractivity contribution in [2.24, 2.45) is 0 Å². The van der Waals surface area contributed by atoms with E-state index >= 15 is 0 Å². The number of hydrogen-bond acceptors (Lipinski definition) is 3. The SMILES string of the molecule is COc1c(C)cc(C(=O)Cl)nc1C(F)F. The molecule has 0 atom stereocenters. The summed E-state index contributed by atoms with van der Waals surface area (Å²) in [5.74, 6) is -0.0216. The zero-order chi connectivity index (χ0) is 11.6. The second-order valence-corrected chi connectivity index (χ2v) is 3.16. The van der Waals surface area contributed by atoms with Gasteiger partial charge < -0.3 is 4.74 Å². The molecule has 0 saturated carbocycles. The molecule has 0 aromatic carbocycles. The Hall–Kier alpha value is -1.23. The summed E-state index contributed by atoms with van der Waals surface area (Å²) in [7, 11) is 1.26. The van der Waals surface area contributed by atoms with E-state index in [1.165, 1.54) is 20.1 Å². The van der Waals surface area contributed by atoms with Crippen molar-refractivity contribution < 1.29 is 18.3 Å². The van der Waals surface area contributed by atoms with Gasteiger partial charge in [0, 0.05) is 0 Å². The Morgan fingerprint density at radius 1 is 1.60 bits per heavy atom. The van der Waals surface area contributed by atoms with Crippen LogP contribution in [0.1, 0.15) is 28.2 Å². The van der Waals surface area contributed by atoms with E-state index in [4.69, 9.17) is 16.3 Å². The Morgan fingerprint density at radius 2 is 2.20 bits per heavy atom. The van der Waals surface area contributed by atoms with Crippen LogP contribution in [-0.2, 0) is 0 Å². The minimum absolute atomic E-state index is 0.0216. The van der Waals surface area contributed by atoms with Crippen LogP contribution in [0.25, 0.3) is 0 Å². The summed E-state index contributed by atoms with van der Waals surface area (Å²) in [6, 6.07) is 1.31. The van der Waals surface area contributed by atoms with Gasteiger partial charge in [-0.25, -0.2) is 13.8 Å². The first kappa shape index (κ1) is 11.8. The van der Waals surface area contributed by atoms with Gasteiger partial charge in [-0.05, 0) is 30.2 Å². The third kappa shape index (κ3) is 2.41. The quantitative estimate of drug-likeness (QED) is 0.756. The summed E-state index contributed by atoms with van der Waals surface area (Å²) in [5.41, 5.74) is -0.376. The maximum atomic E-state index is 12.5. The van der Waals surface area contributed by atoms with Crippen molar-refractivity contribution in [1.29, 1.82) is 0 Å². The molecule has 1 heterocycles. The van der Waals surface area contributed by atoms with E-state index in [1.807, 2.05) is 0 Å². The molecule has 0 bridgehead atoms. The molecule has 0 spiro atoms. The van der Waals surface area contributed by atoms with E-state index in [2.05, 4.69) is 4.98 Å². The van der Waals surface area contributed by atoms with Crippen LogP contribution in [0.2, 0.25) is 0 Å². The van der Waals surface area contributed by atoms with Crippen molar-refractivity contribution in [3.05, 3.63) is 23.0 Å². The Morgan fingerprint density at radius 3 is 2.60 bits per heavy atom. The standard InChI is InChI=1S/C9H8ClF2NO2/c1-4-3-5(8(10)14)13-6(9(11)12)7(4)15-2/h3,9H,1-2H3. The van der Waals surface area contributed by atoms with Crippen LogP contribution in [0.4, 0.5) is 8.78 Å². The first-order valence-electron chi connectivity index (χ1n) is 4.01. The number of nitrogens with zero attached hydrogens (tertiary/aromatic N) is 1. The number of methoxy groups -OCH3 is 1. The fourth-order valence-electron chi connectivity index (χ4n) is 1.20. The number of carbonyl (C=O) groups is 1. The van der Waals surface area contributed by atoms with Gasteiger partial charge in [0.25, 0.3) is 11.7 Å².